The molecule has 1 aromatic carbocycles. The molecule has 2 N–H and O–H groups in total. The largest absolute Gasteiger partial charge is 0.487 e. The molecule has 0 saturated carbocycles. The average molecular weight is 323 g/mol. The van der Waals surface area contributed by atoms with E-state index < -0.39 is 0 Å². The lowest BCUT2D eigenvalue weighted by Crippen LogP contribution is -1.99. The molecule has 0 aliphatic heterocycles. The summed E-state index contributed by atoms with van der Waals surface area (Å²) < 4.78 is 5.49. The number of pyridine rings is 1. The Morgan fingerprint density at radius 3 is 2.96 bits per heavy atom. The summed E-state index contributed by atoms with van der Waals surface area (Å²) in [6.07, 6.45) is 6.03. The van der Waals surface area contributed by atoms with Crippen LogP contribution in [0.15, 0.2) is 60.8 Å². The Hall–Kier alpha value is -2.66. The minimum Gasteiger partial charge on any atom is -0.487 e. The standard InChI is InChI=1S/C18H17N3OS/c1-2-8-22-17-6-5-13(9-15(17)19)10-18-21-16(12-23-18)14-4-3-7-20-11-14/h2-7,9,11-12H,1,8,10,19H2. The number of anilines is 1. The SMILES string of the molecule is C=CCOc1ccc(Cc2nc(-c3cccnc3)cs2)cc1N. The molecule has 3 aromatic rings. The number of hydrogen-bond acceptors (Lipinski definition) is 5. The number of nitrogens with two attached hydrogens (primary N) is 1. The van der Waals surface area contributed by atoms with Crippen LogP contribution in [-0.4, -0.2) is 16.6 Å². The molecule has 23 heavy (non-hydrogen) atoms. The van der Waals surface area contributed by atoms with Crippen LogP contribution in [0.2, 0.25) is 0 Å². The van der Waals surface area contributed by atoms with Gasteiger partial charge in [0.25, 0.3) is 0 Å². The number of hydrogen-bond donors (Lipinski definition) is 1. The van der Waals surface area contributed by atoms with Crippen molar-refractivity contribution in [3.05, 3.63) is 71.3 Å². The second-order valence-electron chi connectivity index (χ2n) is 5.02. The van der Waals surface area contributed by atoms with Crippen LogP contribution in [0, 0.1) is 0 Å². The summed E-state index contributed by atoms with van der Waals surface area (Å²) in [5.41, 5.74) is 9.76. The third kappa shape index (κ3) is 3.76. The fourth-order valence-corrected chi connectivity index (χ4v) is 3.04. The van der Waals surface area contributed by atoms with Crippen LogP contribution in [0.4, 0.5) is 5.69 Å². The van der Waals surface area contributed by atoms with E-state index in [4.69, 9.17) is 10.5 Å². The first-order chi connectivity index (χ1) is 11.3. The molecule has 0 fully saturated rings. The van der Waals surface area contributed by atoms with Gasteiger partial charge in [-0.15, -0.1) is 11.3 Å². The number of benzene rings is 1. The molecule has 2 aromatic heterocycles. The number of thiazole rings is 1. The van der Waals surface area contributed by atoms with Crippen molar-refractivity contribution >= 4 is 17.0 Å². The first-order valence-corrected chi connectivity index (χ1v) is 8.11. The van der Waals surface area contributed by atoms with Gasteiger partial charge in [0.15, 0.2) is 0 Å². The second-order valence-corrected chi connectivity index (χ2v) is 5.96. The van der Waals surface area contributed by atoms with Gasteiger partial charge in [0.05, 0.1) is 16.4 Å². The summed E-state index contributed by atoms with van der Waals surface area (Å²) in [7, 11) is 0. The lowest BCUT2D eigenvalue weighted by Gasteiger charge is -2.08. The maximum absolute atomic E-state index is 6.03. The minimum atomic E-state index is 0.449. The summed E-state index contributed by atoms with van der Waals surface area (Å²) in [5, 5.41) is 3.10. The predicted octanol–water partition coefficient (Wildman–Crippen LogP) is 3.94. The van der Waals surface area contributed by atoms with E-state index in [2.05, 4.69) is 21.9 Å². The highest BCUT2D eigenvalue weighted by Crippen LogP contribution is 2.26. The van der Waals surface area contributed by atoms with Gasteiger partial charge in [0, 0.05) is 29.8 Å². The fraction of sp³-hybridized carbons (Fsp3) is 0.111. The molecule has 0 aliphatic carbocycles. The fourth-order valence-electron chi connectivity index (χ4n) is 2.20. The Kier molecular flexibility index (Phi) is 4.68. The lowest BCUT2D eigenvalue weighted by molar-refractivity contribution is 0.365. The summed E-state index contributed by atoms with van der Waals surface area (Å²) in [6.45, 7) is 4.08. The zero-order valence-corrected chi connectivity index (χ0v) is 13.4. The van der Waals surface area contributed by atoms with Crippen LogP contribution < -0.4 is 10.5 Å². The molecular weight excluding hydrogens is 306 g/mol. The summed E-state index contributed by atoms with van der Waals surface area (Å²) >= 11 is 1.64. The van der Waals surface area contributed by atoms with E-state index in [-0.39, 0.29) is 0 Å². The highest BCUT2D eigenvalue weighted by molar-refractivity contribution is 7.10. The highest BCUT2D eigenvalue weighted by Gasteiger charge is 2.07. The Labute approximate surface area is 139 Å². The summed E-state index contributed by atoms with van der Waals surface area (Å²) in [5.74, 6) is 0.684. The molecule has 0 saturated heterocycles. The van der Waals surface area contributed by atoms with Gasteiger partial charge in [-0.2, -0.15) is 0 Å². The van der Waals surface area contributed by atoms with Crippen molar-refractivity contribution in [3.63, 3.8) is 0 Å². The zero-order valence-electron chi connectivity index (χ0n) is 12.6. The first kappa shape index (κ1) is 15.2. The number of ether oxygens (including phenoxy) is 1. The maximum atomic E-state index is 6.03. The van der Waals surface area contributed by atoms with Crippen LogP contribution in [0.5, 0.6) is 5.75 Å². The number of nitrogen functional groups attached to an aromatic ring is 1. The van der Waals surface area contributed by atoms with Crippen molar-refractivity contribution in [1.29, 1.82) is 0 Å². The van der Waals surface area contributed by atoms with Crippen LogP contribution in [-0.2, 0) is 6.42 Å². The normalized spacial score (nSPS) is 10.4. The molecule has 0 amide bonds. The molecule has 0 aliphatic rings. The van der Waals surface area contributed by atoms with Crippen molar-refractivity contribution in [3.8, 4) is 17.0 Å². The molecule has 3 rings (SSSR count). The third-order valence-corrected chi connectivity index (χ3v) is 4.14. The topological polar surface area (TPSA) is 61.0 Å². The summed E-state index contributed by atoms with van der Waals surface area (Å²) in [6, 6.07) is 9.76. The number of nitrogens with zero attached hydrogens (tertiary/aromatic N) is 2. The molecule has 5 heteroatoms. The smallest absolute Gasteiger partial charge is 0.142 e. The second kappa shape index (κ2) is 7.07. The van der Waals surface area contributed by atoms with Crippen molar-refractivity contribution < 1.29 is 4.74 Å². The van der Waals surface area contributed by atoms with Gasteiger partial charge in [-0.1, -0.05) is 18.7 Å². The van der Waals surface area contributed by atoms with Gasteiger partial charge < -0.3 is 10.5 Å². The van der Waals surface area contributed by atoms with Crippen LogP contribution >= 0.6 is 11.3 Å². The van der Waals surface area contributed by atoms with Crippen LogP contribution in [0.3, 0.4) is 0 Å². The van der Waals surface area contributed by atoms with Crippen molar-refractivity contribution in [2.24, 2.45) is 0 Å². The van der Waals surface area contributed by atoms with E-state index in [1.165, 1.54) is 0 Å². The predicted molar refractivity (Wildman–Crippen MR) is 94.7 cm³/mol. The highest BCUT2D eigenvalue weighted by atomic mass is 32.1. The summed E-state index contributed by atoms with van der Waals surface area (Å²) in [4.78, 5) is 8.80. The third-order valence-electron chi connectivity index (χ3n) is 3.30. The van der Waals surface area contributed by atoms with E-state index in [0.29, 0.717) is 18.0 Å². The minimum absolute atomic E-state index is 0.449. The monoisotopic (exact) mass is 323 g/mol. The van der Waals surface area contributed by atoms with Gasteiger partial charge in [-0.05, 0) is 29.8 Å². The van der Waals surface area contributed by atoms with E-state index in [1.807, 2.05) is 36.5 Å². The Morgan fingerprint density at radius 2 is 2.22 bits per heavy atom. The van der Waals surface area contributed by atoms with E-state index in [9.17, 15) is 0 Å². The Balaban J connectivity index is 1.74. The first-order valence-electron chi connectivity index (χ1n) is 7.23. The van der Waals surface area contributed by atoms with Crippen molar-refractivity contribution in [2.45, 2.75) is 6.42 Å². The molecular formula is C18H17N3OS. The Morgan fingerprint density at radius 1 is 1.30 bits per heavy atom. The van der Waals surface area contributed by atoms with E-state index in [0.717, 1.165) is 28.2 Å². The van der Waals surface area contributed by atoms with Crippen molar-refractivity contribution in [2.75, 3.05) is 12.3 Å². The Bertz CT molecular complexity index is 799. The van der Waals surface area contributed by atoms with Crippen LogP contribution in [0.1, 0.15) is 10.6 Å². The van der Waals surface area contributed by atoms with E-state index in [1.54, 1.807) is 23.6 Å². The zero-order chi connectivity index (χ0) is 16.1. The number of rotatable bonds is 6. The van der Waals surface area contributed by atoms with Crippen molar-refractivity contribution in [1.82, 2.24) is 9.97 Å². The molecule has 2 heterocycles. The van der Waals surface area contributed by atoms with Gasteiger partial charge >= 0.3 is 0 Å². The molecule has 4 nitrogen and oxygen atoms in total. The van der Waals surface area contributed by atoms with Gasteiger partial charge in [-0.25, -0.2) is 4.98 Å². The number of aromatic nitrogens is 2. The van der Waals surface area contributed by atoms with Gasteiger partial charge in [-0.3, -0.25) is 4.98 Å². The molecule has 116 valence electrons. The quantitative estimate of drug-likeness (QED) is 0.551. The lowest BCUT2D eigenvalue weighted by atomic mass is 10.1. The molecule has 0 bridgehead atoms. The maximum Gasteiger partial charge on any atom is 0.142 e. The molecule has 0 spiro atoms. The molecule has 0 unspecified atom stereocenters. The van der Waals surface area contributed by atoms with Crippen LogP contribution in [0.25, 0.3) is 11.3 Å². The average Bonchev–Trinajstić information content (AvgIpc) is 3.03. The molecule has 0 radical (unpaired) electrons. The van der Waals surface area contributed by atoms with Gasteiger partial charge in [0.2, 0.25) is 0 Å². The van der Waals surface area contributed by atoms with E-state index >= 15 is 0 Å². The van der Waals surface area contributed by atoms with Gasteiger partial charge in [0.1, 0.15) is 12.4 Å². The molecule has 0 atom stereocenters.